The monoisotopic (exact) mass is 409 g/mol. The van der Waals surface area contributed by atoms with Crippen molar-refractivity contribution in [2.45, 2.75) is 114 Å². The lowest BCUT2D eigenvalue weighted by atomic mass is 9.90. The molecule has 0 spiro atoms. The molecule has 0 atom stereocenters. The molecule has 1 rings (SSSR count). The summed E-state index contributed by atoms with van der Waals surface area (Å²) < 4.78 is 3.83. The quantitative estimate of drug-likeness (QED) is 0.580. The van der Waals surface area contributed by atoms with Crippen LogP contribution in [-0.4, -0.2) is 13.7 Å². The Balaban J connectivity index is 3.23. The molecule has 6 heteroatoms. The van der Waals surface area contributed by atoms with Gasteiger partial charge >= 0.3 is 17.1 Å². The minimum atomic E-state index is -0.456. The minimum absolute atomic E-state index is 0.140. The van der Waals surface area contributed by atoms with Crippen molar-refractivity contribution in [3.05, 3.63) is 31.5 Å². The zero-order valence-corrected chi connectivity index (χ0v) is 20.0. The molecule has 0 radical (unpaired) electrons. The van der Waals surface area contributed by atoms with Gasteiger partial charge in [-0.25, -0.2) is 28.1 Å². The van der Waals surface area contributed by atoms with Crippen LogP contribution in [0.25, 0.3) is 0 Å². The standard InChI is InChI=1S/C23H43N3O3/c1-18(2)12-9-15-24-19(27)25(16-10-13-22(3,4)5)21(29)26(20(24)28)17-11-14-23(6,7)8/h18H,9-17H2,1-8H3. The zero-order chi connectivity index (χ0) is 22.4. The normalized spacial score (nSPS) is 12.7. The van der Waals surface area contributed by atoms with Crippen LogP contribution in [-0.2, 0) is 19.6 Å². The Bertz CT molecular complexity index is 756. The van der Waals surface area contributed by atoms with Crippen molar-refractivity contribution in [2.24, 2.45) is 16.7 Å². The molecule has 0 saturated carbocycles. The first-order chi connectivity index (χ1) is 13.2. The zero-order valence-electron chi connectivity index (χ0n) is 20.0. The van der Waals surface area contributed by atoms with Crippen molar-refractivity contribution in [1.82, 2.24) is 13.7 Å². The summed E-state index contributed by atoms with van der Waals surface area (Å²) in [5.74, 6) is 0.511. The first-order valence-electron chi connectivity index (χ1n) is 11.2. The van der Waals surface area contributed by atoms with E-state index in [1.54, 1.807) is 0 Å². The summed E-state index contributed by atoms with van der Waals surface area (Å²) in [6.07, 6.45) is 5.01. The molecule has 1 aromatic rings. The van der Waals surface area contributed by atoms with E-state index in [4.69, 9.17) is 0 Å². The lowest BCUT2D eigenvalue weighted by Gasteiger charge is -2.20. The molecule has 0 aromatic carbocycles. The van der Waals surface area contributed by atoms with Crippen LogP contribution in [0, 0.1) is 16.7 Å². The van der Waals surface area contributed by atoms with Gasteiger partial charge < -0.3 is 0 Å². The van der Waals surface area contributed by atoms with Gasteiger partial charge in [0.2, 0.25) is 0 Å². The van der Waals surface area contributed by atoms with Crippen LogP contribution >= 0.6 is 0 Å². The van der Waals surface area contributed by atoms with E-state index in [9.17, 15) is 14.4 Å². The molecule has 1 heterocycles. The number of rotatable bonds is 10. The number of hydrogen-bond donors (Lipinski definition) is 0. The molecule has 0 aliphatic carbocycles. The second-order valence-corrected chi connectivity index (χ2v) is 11.2. The van der Waals surface area contributed by atoms with Crippen molar-refractivity contribution in [1.29, 1.82) is 0 Å². The van der Waals surface area contributed by atoms with Gasteiger partial charge in [0.05, 0.1) is 0 Å². The Morgan fingerprint density at radius 3 is 1.21 bits per heavy atom. The lowest BCUT2D eigenvalue weighted by molar-refractivity contribution is 0.329. The molecule has 0 saturated heterocycles. The summed E-state index contributed by atoms with van der Waals surface area (Å²) in [6, 6.07) is 0. The van der Waals surface area contributed by atoms with Crippen molar-refractivity contribution in [3.8, 4) is 0 Å². The summed E-state index contributed by atoms with van der Waals surface area (Å²) >= 11 is 0. The average molecular weight is 410 g/mol. The Morgan fingerprint density at radius 2 is 0.931 bits per heavy atom. The van der Waals surface area contributed by atoms with Gasteiger partial charge in [-0.05, 0) is 55.3 Å². The molecule has 0 unspecified atom stereocenters. The number of aromatic nitrogens is 3. The highest BCUT2D eigenvalue weighted by atomic mass is 16.2. The molecule has 29 heavy (non-hydrogen) atoms. The maximum Gasteiger partial charge on any atom is 0.336 e. The molecular formula is C23H43N3O3. The largest absolute Gasteiger partial charge is 0.336 e. The predicted molar refractivity (Wildman–Crippen MR) is 121 cm³/mol. The average Bonchev–Trinajstić information content (AvgIpc) is 2.54. The molecule has 0 bridgehead atoms. The number of nitrogens with zero attached hydrogens (tertiary/aromatic N) is 3. The van der Waals surface area contributed by atoms with Crippen LogP contribution in [0.15, 0.2) is 14.4 Å². The highest BCUT2D eigenvalue weighted by molar-refractivity contribution is 4.80. The minimum Gasteiger partial charge on any atom is -0.247 e. The van der Waals surface area contributed by atoms with Crippen LogP contribution in [0.2, 0.25) is 0 Å². The van der Waals surface area contributed by atoms with E-state index in [1.165, 1.54) is 13.7 Å². The molecule has 168 valence electrons. The second-order valence-electron chi connectivity index (χ2n) is 11.2. The van der Waals surface area contributed by atoms with Crippen molar-refractivity contribution >= 4 is 0 Å². The molecule has 0 aliphatic heterocycles. The van der Waals surface area contributed by atoms with Crippen LogP contribution < -0.4 is 17.1 Å². The maximum absolute atomic E-state index is 13.0. The van der Waals surface area contributed by atoms with Gasteiger partial charge in [0.25, 0.3) is 0 Å². The summed E-state index contributed by atoms with van der Waals surface area (Å²) in [6.45, 7) is 18.2. The highest BCUT2D eigenvalue weighted by Crippen LogP contribution is 2.21. The maximum atomic E-state index is 13.0. The van der Waals surface area contributed by atoms with Gasteiger partial charge in [0.15, 0.2) is 0 Å². The molecule has 0 amide bonds. The summed E-state index contributed by atoms with van der Waals surface area (Å²) in [7, 11) is 0. The molecule has 0 N–H and O–H groups in total. The van der Waals surface area contributed by atoms with Crippen molar-refractivity contribution < 1.29 is 0 Å². The second kappa shape index (κ2) is 10.4. The Morgan fingerprint density at radius 1 is 0.621 bits per heavy atom. The number of hydrogen-bond acceptors (Lipinski definition) is 3. The Labute approximate surface area is 176 Å². The smallest absolute Gasteiger partial charge is 0.247 e. The summed E-state index contributed by atoms with van der Waals surface area (Å²) in [5, 5.41) is 0. The van der Waals surface area contributed by atoms with Crippen LogP contribution in [0.3, 0.4) is 0 Å². The van der Waals surface area contributed by atoms with E-state index in [-0.39, 0.29) is 10.8 Å². The molecule has 0 aliphatic rings. The van der Waals surface area contributed by atoms with Gasteiger partial charge in [-0.3, -0.25) is 0 Å². The van der Waals surface area contributed by atoms with Crippen LogP contribution in [0.5, 0.6) is 0 Å². The molecule has 0 fully saturated rings. The highest BCUT2D eigenvalue weighted by Gasteiger charge is 2.18. The third-order valence-corrected chi connectivity index (χ3v) is 5.17. The van der Waals surface area contributed by atoms with Crippen LogP contribution in [0.4, 0.5) is 0 Å². The summed E-state index contributed by atoms with van der Waals surface area (Å²) in [5.41, 5.74) is -1.08. The van der Waals surface area contributed by atoms with E-state index < -0.39 is 17.1 Å². The van der Waals surface area contributed by atoms with E-state index in [2.05, 4.69) is 55.4 Å². The topological polar surface area (TPSA) is 66.0 Å². The van der Waals surface area contributed by atoms with E-state index in [0.717, 1.165) is 38.5 Å². The van der Waals surface area contributed by atoms with Gasteiger partial charge in [0.1, 0.15) is 0 Å². The fourth-order valence-electron chi connectivity index (χ4n) is 3.45. The first kappa shape index (κ1) is 25.4. The van der Waals surface area contributed by atoms with Gasteiger partial charge in [-0.15, -0.1) is 0 Å². The third-order valence-electron chi connectivity index (χ3n) is 5.17. The van der Waals surface area contributed by atoms with Gasteiger partial charge in [-0.1, -0.05) is 55.4 Å². The predicted octanol–water partition coefficient (Wildman–Crippen LogP) is 4.26. The van der Waals surface area contributed by atoms with Crippen molar-refractivity contribution in [3.63, 3.8) is 0 Å². The Kier molecular flexibility index (Phi) is 9.16. The molecular weight excluding hydrogens is 366 g/mol. The molecule has 6 nitrogen and oxygen atoms in total. The Hall–Kier alpha value is -1.59. The lowest BCUT2D eigenvalue weighted by Crippen LogP contribution is -2.54. The SMILES string of the molecule is CC(C)CCCn1c(=O)n(CCCC(C)(C)C)c(=O)n(CCCC(C)(C)C)c1=O. The van der Waals surface area contributed by atoms with E-state index in [0.29, 0.717) is 25.6 Å². The fourth-order valence-corrected chi connectivity index (χ4v) is 3.45. The van der Waals surface area contributed by atoms with Crippen LogP contribution in [0.1, 0.15) is 93.9 Å². The summed E-state index contributed by atoms with van der Waals surface area (Å²) in [4.78, 5) is 38.8. The third kappa shape index (κ3) is 8.75. The first-order valence-corrected chi connectivity index (χ1v) is 11.2. The van der Waals surface area contributed by atoms with E-state index in [1.807, 2.05) is 0 Å². The van der Waals surface area contributed by atoms with Gasteiger partial charge in [-0.2, -0.15) is 0 Å². The van der Waals surface area contributed by atoms with E-state index >= 15 is 0 Å². The van der Waals surface area contributed by atoms with Crippen molar-refractivity contribution in [2.75, 3.05) is 0 Å². The van der Waals surface area contributed by atoms with Gasteiger partial charge in [0, 0.05) is 19.6 Å². The molecule has 1 aromatic heterocycles. The fraction of sp³-hybridized carbons (Fsp3) is 0.870.